The lowest BCUT2D eigenvalue weighted by atomic mass is 10.1. The fraction of sp³-hybridized carbons (Fsp3) is 0.500. The molecule has 0 saturated heterocycles. The molecule has 0 heterocycles. The summed E-state index contributed by atoms with van der Waals surface area (Å²) in [5.74, 6) is -5.99. The van der Waals surface area contributed by atoms with E-state index in [1.165, 1.54) is 23.9 Å². The van der Waals surface area contributed by atoms with Crippen LogP contribution in [0.1, 0.15) is 20.8 Å². The molecule has 1 rings (SSSR count). The minimum atomic E-state index is -1.68. The summed E-state index contributed by atoms with van der Waals surface area (Å²) < 4.78 is 39.7. The Morgan fingerprint density at radius 1 is 0.929 bits per heavy atom. The van der Waals surface area contributed by atoms with Crippen LogP contribution in [0.2, 0.25) is 0 Å². The van der Waals surface area contributed by atoms with Crippen molar-refractivity contribution in [3.63, 3.8) is 0 Å². The number of amides is 3. The monoisotopic (exact) mass is 402 g/mol. The third kappa shape index (κ3) is 7.55. The maximum atomic E-state index is 13.6. The number of carbonyl (C=O) groups excluding carboxylic acids is 3. The third-order valence-corrected chi connectivity index (χ3v) is 3.45. The highest BCUT2D eigenvalue weighted by Crippen LogP contribution is 2.19. The lowest BCUT2D eigenvalue weighted by Crippen LogP contribution is -2.48. The molecule has 0 radical (unpaired) electrons. The predicted molar refractivity (Wildman–Crippen MR) is 98.0 cm³/mol. The fourth-order valence-corrected chi connectivity index (χ4v) is 2.23. The van der Waals surface area contributed by atoms with Crippen LogP contribution in [0.4, 0.5) is 18.9 Å². The Morgan fingerprint density at radius 3 is 2.11 bits per heavy atom. The lowest BCUT2D eigenvalue weighted by Gasteiger charge is -2.24. The Labute approximate surface area is 161 Å². The first-order chi connectivity index (χ1) is 12.8. The van der Waals surface area contributed by atoms with E-state index in [9.17, 15) is 27.6 Å². The van der Waals surface area contributed by atoms with Crippen molar-refractivity contribution >= 4 is 23.4 Å². The molecule has 0 saturated carbocycles. The maximum absolute atomic E-state index is 13.6. The number of halogens is 3. The number of nitrogens with zero attached hydrogens (tertiary/aromatic N) is 2. The molecule has 1 aromatic carbocycles. The van der Waals surface area contributed by atoms with Crippen LogP contribution in [0.25, 0.3) is 0 Å². The lowest BCUT2D eigenvalue weighted by molar-refractivity contribution is -0.136. The van der Waals surface area contributed by atoms with Gasteiger partial charge in [-0.2, -0.15) is 0 Å². The smallest absolute Gasteiger partial charge is 0.240 e. The first-order valence-corrected chi connectivity index (χ1v) is 8.47. The van der Waals surface area contributed by atoms with E-state index in [1.807, 2.05) is 20.8 Å². The molecule has 0 aliphatic heterocycles. The molecule has 28 heavy (non-hydrogen) atoms. The first-order valence-electron chi connectivity index (χ1n) is 8.47. The zero-order chi connectivity index (χ0) is 21.6. The van der Waals surface area contributed by atoms with Gasteiger partial charge >= 0.3 is 0 Å². The van der Waals surface area contributed by atoms with Crippen molar-refractivity contribution in [1.82, 2.24) is 15.1 Å². The van der Waals surface area contributed by atoms with Crippen LogP contribution in [-0.4, -0.2) is 66.8 Å². The van der Waals surface area contributed by atoms with Crippen molar-refractivity contribution in [2.75, 3.05) is 39.0 Å². The second-order valence-electron chi connectivity index (χ2n) is 7.49. The van der Waals surface area contributed by atoms with Crippen molar-refractivity contribution in [1.29, 1.82) is 0 Å². The number of nitrogens with one attached hydrogen (secondary N) is 2. The molecule has 1 aromatic rings. The SMILES string of the molecule is CN(CC(=O)Nc1ccc(F)c(F)c1F)CC(=O)N(C)CC(=O)NC(C)(C)C. The molecular weight excluding hydrogens is 377 g/mol. The van der Waals surface area contributed by atoms with E-state index >= 15 is 0 Å². The summed E-state index contributed by atoms with van der Waals surface area (Å²) in [7, 11) is 2.93. The van der Waals surface area contributed by atoms with Crippen molar-refractivity contribution < 1.29 is 27.6 Å². The van der Waals surface area contributed by atoms with Gasteiger partial charge in [0.05, 0.1) is 25.3 Å². The van der Waals surface area contributed by atoms with Gasteiger partial charge in [-0.15, -0.1) is 0 Å². The van der Waals surface area contributed by atoms with E-state index in [0.29, 0.717) is 6.07 Å². The standard InChI is InChI=1S/C18H25F3N4O3/c1-18(2,3)23-14(27)9-25(5)15(28)10-24(4)8-13(26)22-12-7-6-11(19)16(20)17(12)21/h6-7H,8-10H2,1-5H3,(H,22,26)(H,23,27). The molecule has 0 unspecified atom stereocenters. The number of benzene rings is 1. The van der Waals surface area contributed by atoms with E-state index in [2.05, 4.69) is 10.6 Å². The van der Waals surface area contributed by atoms with Crippen LogP contribution in [0.15, 0.2) is 12.1 Å². The minimum Gasteiger partial charge on any atom is -0.350 e. The summed E-state index contributed by atoms with van der Waals surface area (Å²) in [5, 5.41) is 4.85. The molecule has 0 atom stereocenters. The molecule has 0 bridgehead atoms. The maximum Gasteiger partial charge on any atom is 0.240 e. The molecular formula is C18H25F3N4O3. The van der Waals surface area contributed by atoms with Gasteiger partial charge in [-0.1, -0.05) is 0 Å². The molecule has 7 nitrogen and oxygen atoms in total. The van der Waals surface area contributed by atoms with Crippen LogP contribution < -0.4 is 10.6 Å². The Kier molecular flexibility index (Phi) is 7.98. The largest absolute Gasteiger partial charge is 0.350 e. The Morgan fingerprint density at radius 2 is 1.54 bits per heavy atom. The molecule has 0 spiro atoms. The Balaban J connectivity index is 2.53. The van der Waals surface area contributed by atoms with Crippen molar-refractivity contribution in [3.05, 3.63) is 29.6 Å². The van der Waals surface area contributed by atoms with Gasteiger partial charge in [0, 0.05) is 12.6 Å². The zero-order valence-electron chi connectivity index (χ0n) is 16.5. The summed E-state index contributed by atoms with van der Waals surface area (Å²) in [5.41, 5.74) is -0.926. The van der Waals surface area contributed by atoms with Gasteiger partial charge in [-0.05, 0) is 40.0 Å². The third-order valence-electron chi connectivity index (χ3n) is 3.45. The molecule has 3 amide bonds. The fourth-order valence-electron chi connectivity index (χ4n) is 2.23. The van der Waals surface area contributed by atoms with Crippen LogP contribution in [0.3, 0.4) is 0 Å². The van der Waals surface area contributed by atoms with Crippen LogP contribution in [0, 0.1) is 17.5 Å². The van der Waals surface area contributed by atoms with E-state index in [1.54, 1.807) is 0 Å². The summed E-state index contributed by atoms with van der Waals surface area (Å²) >= 11 is 0. The molecule has 0 aliphatic carbocycles. The van der Waals surface area contributed by atoms with E-state index < -0.39 is 40.5 Å². The number of carbonyl (C=O) groups is 3. The highest BCUT2D eigenvalue weighted by Gasteiger charge is 2.20. The predicted octanol–water partition coefficient (Wildman–Crippen LogP) is 1.35. The van der Waals surface area contributed by atoms with Gasteiger partial charge in [0.1, 0.15) is 0 Å². The highest BCUT2D eigenvalue weighted by atomic mass is 19.2. The van der Waals surface area contributed by atoms with Crippen LogP contribution in [0.5, 0.6) is 0 Å². The van der Waals surface area contributed by atoms with Crippen molar-refractivity contribution in [2.45, 2.75) is 26.3 Å². The Bertz CT molecular complexity index is 750. The van der Waals surface area contributed by atoms with Gasteiger partial charge in [-0.25, -0.2) is 13.2 Å². The zero-order valence-corrected chi connectivity index (χ0v) is 16.5. The molecule has 0 aliphatic rings. The molecule has 10 heteroatoms. The summed E-state index contributed by atoms with van der Waals surface area (Å²) in [6, 6.07) is 1.59. The van der Waals surface area contributed by atoms with Gasteiger partial charge in [0.25, 0.3) is 0 Å². The van der Waals surface area contributed by atoms with E-state index in [0.717, 1.165) is 6.07 Å². The molecule has 156 valence electrons. The number of likely N-dealkylation sites (N-methyl/N-ethyl adjacent to an activating group) is 2. The second-order valence-corrected chi connectivity index (χ2v) is 7.49. The number of hydrogen-bond donors (Lipinski definition) is 2. The average Bonchev–Trinajstić information content (AvgIpc) is 2.53. The van der Waals surface area contributed by atoms with Crippen molar-refractivity contribution in [2.24, 2.45) is 0 Å². The molecule has 0 fully saturated rings. The average molecular weight is 402 g/mol. The van der Waals surface area contributed by atoms with Crippen LogP contribution in [-0.2, 0) is 14.4 Å². The van der Waals surface area contributed by atoms with Crippen LogP contribution >= 0.6 is 0 Å². The molecule has 2 N–H and O–H groups in total. The Hall–Kier alpha value is -2.62. The van der Waals surface area contributed by atoms with Crippen molar-refractivity contribution in [3.8, 4) is 0 Å². The summed E-state index contributed by atoms with van der Waals surface area (Å²) in [4.78, 5) is 38.5. The minimum absolute atomic E-state index is 0.143. The van der Waals surface area contributed by atoms with E-state index in [4.69, 9.17) is 0 Å². The summed E-state index contributed by atoms with van der Waals surface area (Å²) in [6.07, 6.45) is 0. The van der Waals surface area contributed by atoms with E-state index in [-0.39, 0.29) is 25.5 Å². The number of hydrogen-bond acceptors (Lipinski definition) is 4. The van der Waals surface area contributed by atoms with Gasteiger partial charge in [0.15, 0.2) is 17.5 Å². The number of rotatable bonds is 7. The summed E-state index contributed by atoms with van der Waals surface area (Å²) in [6.45, 7) is 4.83. The molecule has 0 aromatic heterocycles. The number of anilines is 1. The second kappa shape index (κ2) is 9.54. The highest BCUT2D eigenvalue weighted by molar-refractivity contribution is 5.93. The topological polar surface area (TPSA) is 81.8 Å². The van der Waals surface area contributed by atoms with Gasteiger partial charge in [0.2, 0.25) is 17.7 Å². The quantitative estimate of drug-likeness (QED) is 0.675. The van der Waals surface area contributed by atoms with Gasteiger partial charge < -0.3 is 15.5 Å². The first kappa shape index (κ1) is 23.4. The normalized spacial score (nSPS) is 11.3. The van der Waals surface area contributed by atoms with Gasteiger partial charge in [-0.3, -0.25) is 19.3 Å².